The van der Waals surface area contributed by atoms with Gasteiger partial charge in [0.2, 0.25) is 11.8 Å². The van der Waals surface area contributed by atoms with Crippen molar-refractivity contribution in [1.82, 2.24) is 10.6 Å². The van der Waals surface area contributed by atoms with Crippen LogP contribution in [0.3, 0.4) is 0 Å². The summed E-state index contributed by atoms with van der Waals surface area (Å²) in [7, 11) is 0. The van der Waals surface area contributed by atoms with Gasteiger partial charge >= 0.3 is 5.97 Å². The van der Waals surface area contributed by atoms with E-state index in [1.807, 2.05) is 0 Å². The Labute approximate surface area is 116 Å². The zero-order valence-corrected chi connectivity index (χ0v) is 11.4. The van der Waals surface area contributed by atoms with Crippen LogP contribution in [0.2, 0.25) is 0 Å². The first kappa shape index (κ1) is 18.3. The highest BCUT2D eigenvalue weighted by molar-refractivity contribution is 5.91. The van der Waals surface area contributed by atoms with Crippen LogP contribution >= 0.6 is 0 Å². The summed E-state index contributed by atoms with van der Waals surface area (Å²) in [6.45, 7) is 1.94. The van der Waals surface area contributed by atoms with Gasteiger partial charge in [-0.05, 0) is 5.92 Å². The summed E-state index contributed by atoms with van der Waals surface area (Å²) < 4.78 is 0. The number of aliphatic hydroxyl groups excluding tert-OH is 2. The van der Waals surface area contributed by atoms with Crippen molar-refractivity contribution in [2.24, 2.45) is 11.7 Å². The highest BCUT2D eigenvalue weighted by atomic mass is 16.4. The molecular weight excluding hydrogens is 270 g/mol. The number of carbonyl (C=O) groups excluding carboxylic acids is 2. The molecule has 0 rings (SSSR count). The SMILES string of the molecule is CC(C)[C@H](NC(=O)[C@@H](N)CO)C(=O)N[C@@H](CO)C(=O)O. The second-order valence-corrected chi connectivity index (χ2v) is 4.60. The van der Waals surface area contributed by atoms with E-state index in [4.69, 9.17) is 21.1 Å². The van der Waals surface area contributed by atoms with Gasteiger partial charge in [0.05, 0.1) is 13.2 Å². The summed E-state index contributed by atoms with van der Waals surface area (Å²) in [5.41, 5.74) is 5.31. The second-order valence-electron chi connectivity index (χ2n) is 4.60. The molecule has 9 nitrogen and oxygen atoms in total. The van der Waals surface area contributed by atoms with Gasteiger partial charge in [-0.15, -0.1) is 0 Å². The Kier molecular flexibility index (Phi) is 7.74. The predicted molar refractivity (Wildman–Crippen MR) is 68.5 cm³/mol. The topological polar surface area (TPSA) is 162 Å². The van der Waals surface area contributed by atoms with Crippen LogP contribution < -0.4 is 16.4 Å². The Morgan fingerprint density at radius 2 is 1.60 bits per heavy atom. The van der Waals surface area contributed by atoms with Crippen LogP contribution in [0.4, 0.5) is 0 Å². The first-order valence-corrected chi connectivity index (χ1v) is 6.05. The molecule has 0 fully saturated rings. The molecule has 0 radical (unpaired) electrons. The smallest absolute Gasteiger partial charge is 0.328 e. The van der Waals surface area contributed by atoms with E-state index in [0.29, 0.717) is 0 Å². The van der Waals surface area contributed by atoms with Crippen molar-refractivity contribution in [3.8, 4) is 0 Å². The first-order chi connectivity index (χ1) is 9.24. The van der Waals surface area contributed by atoms with Crippen molar-refractivity contribution in [3.63, 3.8) is 0 Å². The molecule has 0 heterocycles. The van der Waals surface area contributed by atoms with Gasteiger partial charge in [-0.3, -0.25) is 9.59 Å². The van der Waals surface area contributed by atoms with Gasteiger partial charge in [0.25, 0.3) is 0 Å². The van der Waals surface area contributed by atoms with Crippen molar-refractivity contribution < 1.29 is 29.7 Å². The van der Waals surface area contributed by atoms with Crippen LogP contribution in [0, 0.1) is 5.92 Å². The van der Waals surface area contributed by atoms with E-state index in [1.165, 1.54) is 0 Å². The summed E-state index contributed by atoms with van der Waals surface area (Å²) in [6.07, 6.45) is 0. The third kappa shape index (κ3) is 5.51. The number of aliphatic hydroxyl groups is 2. The highest BCUT2D eigenvalue weighted by Gasteiger charge is 2.29. The number of rotatable bonds is 8. The molecule has 3 atom stereocenters. The van der Waals surface area contributed by atoms with Crippen LogP contribution in [0.15, 0.2) is 0 Å². The summed E-state index contributed by atoms with van der Waals surface area (Å²) in [6, 6.07) is -3.64. The summed E-state index contributed by atoms with van der Waals surface area (Å²) in [4.78, 5) is 34.2. The quantitative estimate of drug-likeness (QED) is 0.278. The Hall–Kier alpha value is -1.71. The number of hydrogen-bond acceptors (Lipinski definition) is 6. The number of aliphatic carboxylic acids is 1. The van der Waals surface area contributed by atoms with Crippen LogP contribution in [0.25, 0.3) is 0 Å². The molecule has 0 spiro atoms. The molecule has 0 aliphatic rings. The number of nitrogens with two attached hydrogens (primary N) is 1. The maximum absolute atomic E-state index is 11.9. The highest BCUT2D eigenvalue weighted by Crippen LogP contribution is 2.03. The van der Waals surface area contributed by atoms with E-state index in [0.717, 1.165) is 0 Å². The first-order valence-electron chi connectivity index (χ1n) is 6.05. The van der Waals surface area contributed by atoms with Crippen molar-refractivity contribution in [3.05, 3.63) is 0 Å². The minimum Gasteiger partial charge on any atom is -0.480 e. The fraction of sp³-hybridized carbons (Fsp3) is 0.727. The van der Waals surface area contributed by atoms with E-state index >= 15 is 0 Å². The molecule has 0 unspecified atom stereocenters. The zero-order valence-electron chi connectivity index (χ0n) is 11.4. The molecule has 0 aromatic carbocycles. The number of carboxylic acid groups (broad SMARTS) is 1. The van der Waals surface area contributed by atoms with Crippen molar-refractivity contribution in [2.75, 3.05) is 13.2 Å². The average Bonchev–Trinajstić information content (AvgIpc) is 2.39. The number of nitrogens with one attached hydrogen (secondary N) is 2. The normalized spacial score (nSPS) is 15.3. The van der Waals surface area contributed by atoms with Gasteiger partial charge in [-0.25, -0.2) is 4.79 Å². The molecular formula is C11H21N3O6. The van der Waals surface area contributed by atoms with Crippen molar-refractivity contribution in [1.29, 1.82) is 0 Å². The van der Waals surface area contributed by atoms with Gasteiger partial charge in [-0.2, -0.15) is 0 Å². The Balaban J connectivity index is 4.79. The third-order valence-corrected chi connectivity index (χ3v) is 2.58. The molecule has 116 valence electrons. The average molecular weight is 291 g/mol. The molecule has 0 aliphatic carbocycles. The molecule has 2 amide bonds. The van der Waals surface area contributed by atoms with Gasteiger partial charge in [0.15, 0.2) is 0 Å². The molecule has 9 heteroatoms. The summed E-state index contributed by atoms with van der Waals surface area (Å²) in [5, 5.41) is 30.8. The molecule has 20 heavy (non-hydrogen) atoms. The number of carboxylic acids is 1. The molecule has 0 aromatic rings. The number of amides is 2. The molecule has 7 N–H and O–H groups in total. The largest absolute Gasteiger partial charge is 0.480 e. The van der Waals surface area contributed by atoms with Crippen LogP contribution in [0.1, 0.15) is 13.8 Å². The molecule has 0 aliphatic heterocycles. The molecule has 0 bridgehead atoms. The van der Waals surface area contributed by atoms with Crippen LogP contribution in [0.5, 0.6) is 0 Å². The maximum atomic E-state index is 11.9. The molecule has 0 saturated carbocycles. The van der Waals surface area contributed by atoms with E-state index in [1.54, 1.807) is 13.8 Å². The van der Waals surface area contributed by atoms with Gasteiger partial charge < -0.3 is 31.7 Å². The van der Waals surface area contributed by atoms with Gasteiger partial charge in [0.1, 0.15) is 18.1 Å². The van der Waals surface area contributed by atoms with E-state index in [9.17, 15) is 14.4 Å². The Morgan fingerprint density at radius 3 is 1.95 bits per heavy atom. The lowest BCUT2D eigenvalue weighted by molar-refractivity contribution is -0.143. The lowest BCUT2D eigenvalue weighted by atomic mass is 10.0. The van der Waals surface area contributed by atoms with Crippen LogP contribution in [-0.4, -0.2) is 64.4 Å². The Morgan fingerprint density at radius 1 is 1.05 bits per heavy atom. The third-order valence-electron chi connectivity index (χ3n) is 2.58. The van der Waals surface area contributed by atoms with Crippen LogP contribution in [-0.2, 0) is 14.4 Å². The zero-order chi connectivity index (χ0) is 15.9. The summed E-state index contributed by atoms with van der Waals surface area (Å²) in [5.74, 6) is -3.20. The van der Waals surface area contributed by atoms with Gasteiger partial charge in [-0.1, -0.05) is 13.8 Å². The number of hydrogen-bond donors (Lipinski definition) is 6. The fourth-order valence-electron chi connectivity index (χ4n) is 1.33. The van der Waals surface area contributed by atoms with Crippen molar-refractivity contribution in [2.45, 2.75) is 32.0 Å². The second kappa shape index (κ2) is 8.46. The molecule has 0 aromatic heterocycles. The lowest BCUT2D eigenvalue weighted by Gasteiger charge is -2.24. The minimum atomic E-state index is -1.45. The van der Waals surface area contributed by atoms with E-state index < -0.39 is 49.1 Å². The lowest BCUT2D eigenvalue weighted by Crippen LogP contribution is -2.57. The number of carbonyl (C=O) groups is 3. The summed E-state index contributed by atoms with van der Waals surface area (Å²) >= 11 is 0. The molecule has 0 saturated heterocycles. The van der Waals surface area contributed by atoms with E-state index in [-0.39, 0.29) is 5.92 Å². The van der Waals surface area contributed by atoms with Gasteiger partial charge in [0, 0.05) is 0 Å². The van der Waals surface area contributed by atoms with Crippen molar-refractivity contribution >= 4 is 17.8 Å². The van der Waals surface area contributed by atoms with E-state index in [2.05, 4.69) is 10.6 Å². The Bertz CT molecular complexity index is 360. The maximum Gasteiger partial charge on any atom is 0.328 e. The monoisotopic (exact) mass is 291 g/mol. The fourth-order valence-corrected chi connectivity index (χ4v) is 1.33. The minimum absolute atomic E-state index is 0.335. The standard InChI is InChI=1S/C11H21N3O6/c1-5(2)8(14-9(17)6(12)3-15)10(18)13-7(4-16)11(19)20/h5-8,15-16H,3-4,12H2,1-2H3,(H,13,18)(H,14,17)(H,19,20)/t6-,7-,8-/m0/s1. The predicted octanol–water partition coefficient (Wildman–Crippen LogP) is -2.99.